The molecule has 0 saturated heterocycles. The lowest BCUT2D eigenvalue weighted by Gasteiger charge is -2.13. The van der Waals surface area contributed by atoms with Crippen LogP contribution in [-0.4, -0.2) is 36.3 Å². The molecule has 2 heterocycles. The third-order valence-electron chi connectivity index (χ3n) is 2.43. The number of hydrogen-bond donors (Lipinski definition) is 1. The Morgan fingerprint density at radius 2 is 2.16 bits per heavy atom. The van der Waals surface area contributed by atoms with Crippen molar-refractivity contribution in [2.24, 2.45) is 0 Å². The predicted octanol–water partition coefficient (Wildman–Crippen LogP) is 1.29. The molecule has 1 aliphatic heterocycles. The van der Waals surface area contributed by atoms with Gasteiger partial charge in [0.25, 0.3) is 0 Å². The summed E-state index contributed by atoms with van der Waals surface area (Å²) in [6.45, 7) is 5.66. The third kappa shape index (κ3) is 3.92. The van der Waals surface area contributed by atoms with Gasteiger partial charge in [0.1, 0.15) is 0 Å². The Hall–Kier alpha value is -1.63. The maximum absolute atomic E-state index is 11.3. The number of nitrogens with one attached hydrogen (secondary N) is 1. The van der Waals surface area contributed by atoms with E-state index in [0.29, 0.717) is 11.8 Å². The van der Waals surface area contributed by atoms with Crippen molar-refractivity contribution in [2.75, 3.05) is 11.1 Å². The summed E-state index contributed by atoms with van der Waals surface area (Å²) >= 11 is 0. The average molecular weight is 283 g/mol. The van der Waals surface area contributed by atoms with E-state index in [2.05, 4.69) is 15.3 Å². The summed E-state index contributed by atoms with van der Waals surface area (Å²) in [4.78, 5) is 8.43. The lowest BCUT2D eigenvalue weighted by molar-refractivity contribution is 0.232. The van der Waals surface area contributed by atoms with Crippen LogP contribution in [0.15, 0.2) is 17.6 Å². The molecule has 1 aromatic rings. The molecule has 0 amide bonds. The van der Waals surface area contributed by atoms with E-state index in [0.717, 1.165) is 5.69 Å². The zero-order valence-corrected chi connectivity index (χ0v) is 11.9. The van der Waals surface area contributed by atoms with Crippen molar-refractivity contribution < 1.29 is 13.2 Å². The molecule has 2 rings (SSSR count). The molecule has 6 nitrogen and oxygen atoms in total. The molecule has 7 heteroatoms. The highest BCUT2D eigenvalue weighted by atomic mass is 32.2. The molecule has 1 unspecified atom stereocenters. The van der Waals surface area contributed by atoms with Crippen LogP contribution in [0.4, 0.5) is 5.95 Å². The van der Waals surface area contributed by atoms with Gasteiger partial charge in [0, 0.05) is 17.2 Å². The molecule has 0 bridgehead atoms. The molecular weight excluding hydrogens is 266 g/mol. The van der Waals surface area contributed by atoms with Gasteiger partial charge < -0.3 is 10.1 Å². The van der Waals surface area contributed by atoms with Gasteiger partial charge in [-0.05, 0) is 26.8 Å². The largest absolute Gasteiger partial charge is 0.475 e. The van der Waals surface area contributed by atoms with Gasteiger partial charge in [0.05, 0.1) is 17.9 Å². The van der Waals surface area contributed by atoms with Crippen molar-refractivity contribution in [3.63, 3.8) is 0 Å². The molecule has 104 valence electrons. The van der Waals surface area contributed by atoms with Crippen molar-refractivity contribution in [3.05, 3.63) is 23.2 Å². The van der Waals surface area contributed by atoms with Crippen LogP contribution in [0.1, 0.15) is 19.5 Å². The van der Waals surface area contributed by atoms with Crippen LogP contribution in [0.3, 0.4) is 0 Å². The van der Waals surface area contributed by atoms with E-state index in [1.165, 1.54) is 5.41 Å². The second-order valence-corrected chi connectivity index (χ2v) is 6.68. The average Bonchev–Trinajstić information content (AvgIpc) is 2.55. The Morgan fingerprint density at radius 3 is 2.74 bits per heavy atom. The molecular formula is C12H17N3O3S. The van der Waals surface area contributed by atoms with Crippen molar-refractivity contribution in [3.8, 4) is 5.88 Å². The van der Waals surface area contributed by atoms with Crippen LogP contribution >= 0.6 is 0 Å². The summed E-state index contributed by atoms with van der Waals surface area (Å²) in [6.07, 6.45) is 1.62. The molecule has 0 saturated carbocycles. The highest BCUT2D eigenvalue weighted by Gasteiger charge is 2.22. The minimum Gasteiger partial charge on any atom is -0.475 e. The smallest absolute Gasteiger partial charge is 0.226 e. The van der Waals surface area contributed by atoms with Gasteiger partial charge in [-0.2, -0.15) is 4.98 Å². The maximum Gasteiger partial charge on any atom is 0.226 e. The lowest BCUT2D eigenvalue weighted by atomic mass is 10.3. The molecule has 0 aromatic carbocycles. The first-order valence-corrected chi connectivity index (χ1v) is 7.75. The van der Waals surface area contributed by atoms with E-state index < -0.39 is 9.84 Å². The first kappa shape index (κ1) is 13.8. The Labute approximate surface area is 112 Å². The van der Waals surface area contributed by atoms with Gasteiger partial charge in [0.15, 0.2) is 9.84 Å². The van der Waals surface area contributed by atoms with Crippen LogP contribution in [0.25, 0.3) is 0 Å². The van der Waals surface area contributed by atoms with Gasteiger partial charge in [-0.3, -0.25) is 0 Å². The first-order chi connectivity index (χ1) is 8.84. The second-order valence-electron chi connectivity index (χ2n) is 4.75. The molecule has 0 spiro atoms. The number of anilines is 1. The van der Waals surface area contributed by atoms with E-state index in [4.69, 9.17) is 4.74 Å². The normalized spacial score (nSPS) is 20.7. The zero-order chi connectivity index (χ0) is 14.0. The molecule has 1 aromatic heterocycles. The van der Waals surface area contributed by atoms with Crippen molar-refractivity contribution in [2.45, 2.75) is 32.9 Å². The lowest BCUT2D eigenvalue weighted by Crippen LogP contribution is -2.22. The summed E-state index contributed by atoms with van der Waals surface area (Å²) in [5.41, 5.74) is 0.762. The van der Waals surface area contributed by atoms with Gasteiger partial charge in [0.2, 0.25) is 11.8 Å². The van der Waals surface area contributed by atoms with Crippen molar-refractivity contribution in [1.29, 1.82) is 0 Å². The minimum atomic E-state index is -3.08. The first-order valence-electron chi connectivity index (χ1n) is 6.04. The quantitative estimate of drug-likeness (QED) is 0.897. The van der Waals surface area contributed by atoms with Gasteiger partial charge in [-0.1, -0.05) is 0 Å². The number of sulfone groups is 1. The second kappa shape index (κ2) is 5.16. The van der Waals surface area contributed by atoms with Crippen LogP contribution in [-0.2, 0) is 9.84 Å². The highest BCUT2D eigenvalue weighted by Crippen LogP contribution is 2.16. The van der Waals surface area contributed by atoms with Crippen molar-refractivity contribution in [1.82, 2.24) is 9.97 Å². The molecule has 1 aliphatic rings. The molecule has 19 heavy (non-hydrogen) atoms. The molecule has 1 N–H and O–H groups in total. The molecule has 0 radical (unpaired) electrons. The number of aromatic nitrogens is 2. The summed E-state index contributed by atoms with van der Waals surface area (Å²) in [5, 5.41) is 4.20. The van der Waals surface area contributed by atoms with Crippen molar-refractivity contribution >= 4 is 15.8 Å². The summed E-state index contributed by atoms with van der Waals surface area (Å²) in [7, 11) is -3.08. The molecule has 0 fully saturated rings. The Morgan fingerprint density at radius 1 is 1.42 bits per heavy atom. The standard InChI is InChI=1S/C12H17N3O3S/c1-8(2)18-11-6-9(3)13-12(15-11)14-10-4-5-19(16,17)7-10/h4-6,8,10H,7H2,1-3H3,(H,13,14,15). The number of hydrogen-bond acceptors (Lipinski definition) is 6. The van der Waals surface area contributed by atoms with E-state index in [1.54, 1.807) is 12.1 Å². The van der Waals surface area contributed by atoms with Gasteiger partial charge >= 0.3 is 0 Å². The number of ether oxygens (including phenoxy) is 1. The zero-order valence-electron chi connectivity index (χ0n) is 11.1. The summed E-state index contributed by atoms with van der Waals surface area (Å²) in [5.74, 6) is 0.891. The summed E-state index contributed by atoms with van der Waals surface area (Å²) in [6, 6.07) is 1.45. The number of nitrogens with zero attached hydrogens (tertiary/aromatic N) is 2. The van der Waals surface area contributed by atoms with Crippen LogP contribution < -0.4 is 10.1 Å². The monoisotopic (exact) mass is 283 g/mol. The van der Waals surface area contributed by atoms with Gasteiger partial charge in [-0.25, -0.2) is 13.4 Å². The maximum atomic E-state index is 11.3. The van der Waals surface area contributed by atoms with Crippen LogP contribution in [0, 0.1) is 6.92 Å². The Bertz CT molecular complexity index is 596. The fraction of sp³-hybridized carbons (Fsp3) is 0.500. The van der Waals surface area contributed by atoms with Crippen LogP contribution in [0.2, 0.25) is 0 Å². The minimum absolute atomic E-state index is 0.0221. The topological polar surface area (TPSA) is 81.2 Å². The third-order valence-corrected chi connectivity index (χ3v) is 3.83. The fourth-order valence-electron chi connectivity index (χ4n) is 1.74. The number of aryl methyl sites for hydroxylation is 1. The van der Waals surface area contributed by atoms with Crippen LogP contribution in [0.5, 0.6) is 5.88 Å². The SMILES string of the molecule is Cc1cc(OC(C)C)nc(NC2C=CS(=O)(=O)C2)n1. The van der Waals surface area contributed by atoms with E-state index >= 15 is 0 Å². The summed E-state index contributed by atoms with van der Waals surface area (Å²) < 4.78 is 28.2. The van der Waals surface area contributed by atoms with E-state index in [-0.39, 0.29) is 17.9 Å². The molecule has 1 atom stereocenters. The Kier molecular flexibility index (Phi) is 3.75. The fourth-order valence-corrected chi connectivity index (χ4v) is 2.97. The molecule has 0 aliphatic carbocycles. The van der Waals surface area contributed by atoms with E-state index in [9.17, 15) is 8.42 Å². The number of rotatable bonds is 4. The Balaban J connectivity index is 2.13. The predicted molar refractivity (Wildman–Crippen MR) is 72.9 cm³/mol. The van der Waals surface area contributed by atoms with Gasteiger partial charge in [-0.15, -0.1) is 0 Å². The highest BCUT2D eigenvalue weighted by molar-refractivity contribution is 7.94. The van der Waals surface area contributed by atoms with E-state index in [1.807, 2.05) is 20.8 Å².